The van der Waals surface area contributed by atoms with E-state index >= 15 is 0 Å². The molecule has 0 radical (unpaired) electrons. The molecule has 1 aromatic heterocycles. The number of nitrogens with zero attached hydrogens (tertiary/aromatic N) is 1. The van der Waals surface area contributed by atoms with Crippen LogP contribution in [-0.2, 0) is 4.74 Å². The number of aromatic nitrogens is 1. The highest BCUT2D eigenvalue weighted by molar-refractivity contribution is 9.10. The lowest BCUT2D eigenvalue weighted by molar-refractivity contribution is 0.0591. The van der Waals surface area contributed by atoms with Gasteiger partial charge in [-0.15, -0.1) is 0 Å². The van der Waals surface area contributed by atoms with E-state index in [2.05, 4.69) is 25.7 Å². The van der Waals surface area contributed by atoms with Crippen LogP contribution in [0.25, 0.3) is 10.8 Å². The van der Waals surface area contributed by atoms with Crippen molar-refractivity contribution in [3.8, 4) is 11.5 Å². The molecular weight excluding hydrogens is 290 g/mol. The standard InChI is InChI=1S/C11H8BrNO4/c1-17-11(16)8-10(15)5-2-3-7(12)9(14)6(5)4-13-8/h2-4,14-15H,1H3. The zero-order valence-corrected chi connectivity index (χ0v) is 10.4. The van der Waals surface area contributed by atoms with Gasteiger partial charge in [-0.05, 0) is 28.1 Å². The lowest BCUT2D eigenvalue weighted by Crippen LogP contribution is -2.04. The molecule has 88 valence electrons. The lowest BCUT2D eigenvalue weighted by atomic mass is 10.1. The van der Waals surface area contributed by atoms with Crippen LogP contribution in [0.1, 0.15) is 10.5 Å². The number of hydrogen-bond acceptors (Lipinski definition) is 5. The van der Waals surface area contributed by atoms with Gasteiger partial charge in [0.25, 0.3) is 0 Å². The molecule has 0 bridgehead atoms. The van der Waals surface area contributed by atoms with Crippen molar-refractivity contribution in [2.75, 3.05) is 7.11 Å². The van der Waals surface area contributed by atoms with Crippen molar-refractivity contribution in [1.29, 1.82) is 0 Å². The minimum Gasteiger partial charge on any atom is -0.506 e. The number of aromatic hydroxyl groups is 2. The average Bonchev–Trinajstić information content (AvgIpc) is 2.33. The molecule has 0 aliphatic heterocycles. The van der Waals surface area contributed by atoms with Crippen molar-refractivity contribution >= 4 is 32.7 Å². The third-order valence-corrected chi connectivity index (χ3v) is 2.99. The third-order valence-electron chi connectivity index (χ3n) is 2.35. The predicted molar refractivity (Wildman–Crippen MR) is 64.1 cm³/mol. The van der Waals surface area contributed by atoms with Gasteiger partial charge in [0.15, 0.2) is 11.4 Å². The molecule has 0 atom stereocenters. The second-order valence-corrected chi connectivity index (χ2v) is 4.16. The van der Waals surface area contributed by atoms with Gasteiger partial charge in [-0.3, -0.25) is 0 Å². The molecule has 0 saturated carbocycles. The molecule has 0 fully saturated rings. The Labute approximate surface area is 105 Å². The first-order valence-corrected chi connectivity index (χ1v) is 5.43. The Morgan fingerprint density at radius 2 is 2.00 bits per heavy atom. The predicted octanol–water partition coefficient (Wildman–Crippen LogP) is 2.20. The summed E-state index contributed by atoms with van der Waals surface area (Å²) in [5.41, 5.74) is -0.179. The maximum atomic E-state index is 11.3. The van der Waals surface area contributed by atoms with E-state index < -0.39 is 5.97 Å². The van der Waals surface area contributed by atoms with E-state index in [0.717, 1.165) is 0 Å². The first-order valence-electron chi connectivity index (χ1n) is 4.63. The van der Waals surface area contributed by atoms with Gasteiger partial charge in [-0.25, -0.2) is 9.78 Å². The van der Waals surface area contributed by atoms with Crippen LogP contribution >= 0.6 is 15.9 Å². The van der Waals surface area contributed by atoms with Crippen LogP contribution in [0, 0.1) is 0 Å². The van der Waals surface area contributed by atoms with E-state index in [0.29, 0.717) is 15.2 Å². The largest absolute Gasteiger partial charge is 0.506 e. The number of pyridine rings is 1. The van der Waals surface area contributed by atoms with E-state index in [1.54, 1.807) is 12.1 Å². The van der Waals surface area contributed by atoms with Crippen LogP contribution in [0.2, 0.25) is 0 Å². The summed E-state index contributed by atoms with van der Waals surface area (Å²) in [6, 6.07) is 3.14. The highest BCUT2D eigenvalue weighted by atomic mass is 79.9. The second-order valence-electron chi connectivity index (χ2n) is 3.30. The van der Waals surface area contributed by atoms with Gasteiger partial charge in [0, 0.05) is 17.0 Å². The summed E-state index contributed by atoms with van der Waals surface area (Å²) in [5.74, 6) is -1.08. The Bertz CT molecular complexity index is 612. The summed E-state index contributed by atoms with van der Waals surface area (Å²) in [6.07, 6.45) is 1.31. The fourth-order valence-electron chi connectivity index (χ4n) is 1.48. The summed E-state index contributed by atoms with van der Waals surface area (Å²) in [4.78, 5) is 15.1. The maximum absolute atomic E-state index is 11.3. The van der Waals surface area contributed by atoms with Crippen LogP contribution in [-0.4, -0.2) is 28.3 Å². The van der Waals surface area contributed by atoms with Crippen molar-refractivity contribution < 1.29 is 19.7 Å². The van der Waals surface area contributed by atoms with E-state index in [1.165, 1.54) is 13.3 Å². The first kappa shape index (κ1) is 11.7. The van der Waals surface area contributed by atoms with Crippen molar-refractivity contribution in [3.05, 3.63) is 28.5 Å². The number of phenols is 1. The topological polar surface area (TPSA) is 79.7 Å². The molecule has 0 unspecified atom stereocenters. The van der Waals surface area contributed by atoms with E-state index in [4.69, 9.17) is 0 Å². The molecule has 0 aliphatic rings. The summed E-state index contributed by atoms with van der Waals surface area (Å²) in [5, 5.41) is 20.3. The molecule has 2 N–H and O–H groups in total. The van der Waals surface area contributed by atoms with Gasteiger partial charge in [0.2, 0.25) is 0 Å². The van der Waals surface area contributed by atoms with Crippen LogP contribution in [0.4, 0.5) is 0 Å². The van der Waals surface area contributed by atoms with Crippen LogP contribution in [0.15, 0.2) is 22.8 Å². The van der Waals surface area contributed by atoms with Crippen molar-refractivity contribution in [1.82, 2.24) is 4.98 Å². The normalized spacial score (nSPS) is 10.5. The van der Waals surface area contributed by atoms with Crippen molar-refractivity contribution in [3.63, 3.8) is 0 Å². The molecule has 2 aromatic rings. The third kappa shape index (κ3) is 1.80. The number of ether oxygens (including phenoxy) is 1. The lowest BCUT2D eigenvalue weighted by Gasteiger charge is -2.07. The van der Waals surface area contributed by atoms with E-state index in [1.807, 2.05) is 0 Å². The molecule has 1 heterocycles. The highest BCUT2D eigenvalue weighted by Crippen LogP contribution is 2.37. The molecule has 0 saturated heterocycles. The van der Waals surface area contributed by atoms with E-state index in [-0.39, 0.29) is 17.2 Å². The summed E-state index contributed by atoms with van der Waals surface area (Å²) in [7, 11) is 1.20. The number of hydrogen-bond donors (Lipinski definition) is 2. The summed E-state index contributed by atoms with van der Waals surface area (Å²) < 4.78 is 4.97. The number of fused-ring (bicyclic) bond motifs is 1. The number of carbonyl (C=O) groups is 1. The number of halogens is 1. The van der Waals surface area contributed by atoms with Crippen molar-refractivity contribution in [2.45, 2.75) is 0 Å². The fraction of sp³-hybridized carbons (Fsp3) is 0.0909. The van der Waals surface area contributed by atoms with Crippen LogP contribution in [0.5, 0.6) is 11.5 Å². The molecule has 1 aromatic carbocycles. The Hall–Kier alpha value is -1.82. The SMILES string of the molecule is COC(=O)c1ncc2c(O)c(Br)ccc2c1O. The zero-order valence-electron chi connectivity index (χ0n) is 8.77. The zero-order chi connectivity index (χ0) is 12.6. The molecule has 2 rings (SSSR count). The van der Waals surface area contributed by atoms with Crippen LogP contribution in [0.3, 0.4) is 0 Å². The fourth-order valence-corrected chi connectivity index (χ4v) is 1.83. The number of phenolic OH excluding ortho intramolecular Hbond substituents is 1. The summed E-state index contributed by atoms with van der Waals surface area (Å²) >= 11 is 3.15. The smallest absolute Gasteiger partial charge is 0.360 e. The monoisotopic (exact) mass is 297 g/mol. The number of esters is 1. The Balaban J connectivity index is 2.77. The summed E-state index contributed by atoms with van der Waals surface area (Å²) in [6.45, 7) is 0. The molecule has 17 heavy (non-hydrogen) atoms. The molecule has 0 aliphatic carbocycles. The quantitative estimate of drug-likeness (QED) is 0.789. The number of rotatable bonds is 1. The van der Waals surface area contributed by atoms with Crippen LogP contribution < -0.4 is 0 Å². The molecule has 0 spiro atoms. The molecular formula is C11H8BrNO4. The highest BCUT2D eigenvalue weighted by Gasteiger charge is 2.17. The minimum absolute atomic E-state index is 0.0401. The number of methoxy groups -OCH3 is 1. The number of carbonyl (C=O) groups excluding carboxylic acids is 1. The molecule has 0 amide bonds. The van der Waals surface area contributed by atoms with Gasteiger partial charge >= 0.3 is 5.97 Å². The van der Waals surface area contributed by atoms with Gasteiger partial charge in [0.05, 0.1) is 11.6 Å². The Kier molecular flexibility index (Phi) is 2.89. The maximum Gasteiger partial charge on any atom is 0.360 e. The minimum atomic E-state index is -0.730. The Morgan fingerprint density at radius 1 is 1.29 bits per heavy atom. The number of benzene rings is 1. The molecule has 6 heteroatoms. The van der Waals surface area contributed by atoms with Gasteiger partial charge in [0.1, 0.15) is 5.75 Å². The van der Waals surface area contributed by atoms with Gasteiger partial charge in [-0.1, -0.05) is 0 Å². The van der Waals surface area contributed by atoms with E-state index in [9.17, 15) is 15.0 Å². The Morgan fingerprint density at radius 3 is 2.65 bits per heavy atom. The second kappa shape index (κ2) is 4.21. The average molecular weight is 298 g/mol. The van der Waals surface area contributed by atoms with Gasteiger partial charge < -0.3 is 14.9 Å². The molecule has 5 nitrogen and oxygen atoms in total. The first-order chi connectivity index (χ1) is 8.06. The van der Waals surface area contributed by atoms with Crippen molar-refractivity contribution in [2.24, 2.45) is 0 Å². The van der Waals surface area contributed by atoms with Gasteiger partial charge in [-0.2, -0.15) is 0 Å².